The number of hydrogen-bond donors (Lipinski definition) is 1. The molecule has 24 heavy (non-hydrogen) atoms. The molecule has 0 aliphatic rings. The highest BCUT2D eigenvalue weighted by atomic mass is 32.2. The molecule has 0 bridgehead atoms. The fraction of sp³-hybridized carbons (Fsp3) is 0.278. The van der Waals surface area contributed by atoms with E-state index in [2.05, 4.69) is 27.9 Å². The molecule has 3 rings (SSSR count). The summed E-state index contributed by atoms with van der Waals surface area (Å²) in [5.41, 5.74) is 3.21. The largest absolute Gasteiger partial charge is 0.345 e. The van der Waals surface area contributed by atoms with Crippen molar-refractivity contribution < 1.29 is 4.79 Å². The lowest BCUT2D eigenvalue weighted by atomic mass is 10.2. The van der Waals surface area contributed by atoms with Gasteiger partial charge in [0.25, 0.3) is 0 Å². The van der Waals surface area contributed by atoms with E-state index in [0.29, 0.717) is 18.7 Å². The van der Waals surface area contributed by atoms with Gasteiger partial charge >= 0.3 is 0 Å². The highest BCUT2D eigenvalue weighted by molar-refractivity contribution is 7.99. The molecule has 5 nitrogen and oxygen atoms in total. The number of fused-ring (bicyclic) bond motifs is 1. The molecule has 0 unspecified atom stereocenters. The van der Waals surface area contributed by atoms with Crippen LogP contribution in [0.3, 0.4) is 0 Å². The molecular weight excluding hydrogens is 320 g/mol. The Morgan fingerprint density at radius 3 is 2.88 bits per heavy atom. The average molecular weight is 340 g/mol. The van der Waals surface area contributed by atoms with Crippen LogP contribution in [0, 0.1) is 6.92 Å². The van der Waals surface area contributed by atoms with Crippen LogP contribution in [0.1, 0.15) is 11.4 Å². The topological polar surface area (TPSA) is 61.9 Å². The average Bonchev–Trinajstić information content (AvgIpc) is 3.03. The van der Waals surface area contributed by atoms with Crippen LogP contribution in [0.15, 0.2) is 47.6 Å². The molecule has 0 fully saturated rings. The summed E-state index contributed by atoms with van der Waals surface area (Å²) in [5, 5.41) is 0.868. The number of para-hydroxylation sites is 1. The van der Waals surface area contributed by atoms with Crippen molar-refractivity contribution in [3.63, 3.8) is 0 Å². The summed E-state index contributed by atoms with van der Waals surface area (Å²) in [5.74, 6) is 1.40. The Kier molecular flexibility index (Phi) is 5.15. The van der Waals surface area contributed by atoms with Gasteiger partial charge in [-0.2, -0.15) is 0 Å². The number of aryl methyl sites for hydroxylation is 1. The van der Waals surface area contributed by atoms with E-state index in [-0.39, 0.29) is 5.91 Å². The number of nitrogens with zero attached hydrogens (tertiary/aromatic N) is 3. The zero-order chi connectivity index (χ0) is 16.9. The minimum Gasteiger partial charge on any atom is -0.345 e. The maximum atomic E-state index is 12.2. The second kappa shape index (κ2) is 7.49. The molecule has 0 spiro atoms. The van der Waals surface area contributed by atoms with E-state index in [1.54, 1.807) is 11.1 Å². The molecule has 1 aromatic carbocycles. The summed E-state index contributed by atoms with van der Waals surface area (Å²) in [7, 11) is 1.83. The fourth-order valence-corrected chi connectivity index (χ4v) is 3.22. The van der Waals surface area contributed by atoms with Crippen LogP contribution in [0.2, 0.25) is 0 Å². The second-order valence-corrected chi connectivity index (χ2v) is 6.67. The third kappa shape index (κ3) is 3.94. The smallest absolute Gasteiger partial charge is 0.232 e. The van der Waals surface area contributed by atoms with Crippen molar-refractivity contribution in [2.75, 3.05) is 19.3 Å². The van der Waals surface area contributed by atoms with E-state index in [1.807, 2.05) is 37.4 Å². The number of likely N-dealkylation sites (N-methyl/N-ethyl adjacent to an activating group) is 1. The van der Waals surface area contributed by atoms with E-state index in [9.17, 15) is 4.79 Å². The van der Waals surface area contributed by atoms with Gasteiger partial charge in [0, 0.05) is 26.2 Å². The molecular formula is C18H20N4OS. The maximum Gasteiger partial charge on any atom is 0.232 e. The summed E-state index contributed by atoms with van der Waals surface area (Å²) in [6.07, 6.45) is 2.45. The summed E-state index contributed by atoms with van der Waals surface area (Å²) >= 11 is 1.46. The van der Waals surface area contributed by atoms with Crippen molar-refractivity contribution in [2.45, 2.75) is 18.4 Å². The number of carbonyl (C=O) groups excluding carboxylic acids is 1. The highest BCUT2D eigenvalue weighted by Gasteiger charge is 2.11. The van der Waals surface area contributed by atoms with Crippen LogP contribution < -0.4 is 0 Å². The molecule has 1 amide bonds. The summed E-state index contributed by atoms with van der Waals surface area (Å²) in [4.78, 5) is 26.1. The first-order valence-electron chi connectivity index (χ1n) is 7.85. The Morgan fingerprint density at radius 2 is 2.12 bits per heavy atom. The molecule has 1 N–H and O–H groups in total. The Morgan fingerprint density at radius 1 is 1.25 bits per heavy atom. The summed E-state index contributed by atoms with van der Waals surface area (Å²) in [6.45, 7) is 2.69. The van der Waals surface area contributed by atoms with Gasteiger partial charge in [-0.15, -0.1) is 0 Å². The van der Waals surface area contributed by atoms with Crippen molar-refractivity contribution in [1.82, 2.24) is 19.9 Å². The van der Waals surface area contributed by atoms with Crippen molar-refractivity contribution in [3.8, 4) is 0 Å². The van der Waals surface area contributed by atoms with Gasteiger partial charge in [-0.25, -0.2) is 9.97 Å². The van der Waals surface area contributed by atoms with E-state index >= 15 is 0 Å². The number of hydrogen-bond acceptors (Lipinski definition) is 4. The monoisotopic (exact) mass is 340 g/mol. The number of aromatic amines is 1. The van der Waals surface area contributed by atoms with Gasteiger partial charge in [0.15, 0.2) is 0 Å². The molecule has 0 saturated carbocycles. The highest BCUT2D eigenvalue weighted by Crippen LogP contribution is 2.16. The predicted molar refractivity (Wildman–Crippen MR) is 97.1 cm³/mol. The first-order valence-corrected chi connectivity index (χ1v) is 8.84. The van der Waals surface area contributed by atoms with Crippen molar-refractivity contribution >= 4 is 28.7 Å². The Hall–Kier alpha value is -2.34. The summed E-state index contributed by atoms with van der Waals surface area (Å²) < 4.78 is 0. The van der Waals surface area contributed by atoms with E-state index < -0.39 is 0 Å². The Balaban J connectivity index is 1.53. The molecule has 0 saturated heterocycles. The number of nitrogens with one attached hydrogen (secondary N) is 1. The third-order valence-electron chi connectivity index (χ3n) is 3.85. The minimum atomic E-state index is 0.0953. The SMILES string of the molecule is Cc1cccc2[nH]c(CCN(C)C(=O)CSc3ccccn3)nc12. The molecule has 0 radical (unpaired) electrons. The van der Waals surface area contributed by atoms with Crippen LogP contribution >= 0.6 is 11.8 Å². The molecule has 0 atom stereocenters. The number of H-pyrrole nitrogens is 1. The molecule has 0 aliphatic heterocycles. The molecule has 6 heteroatoms. The lowest BCUT2D eigenvalue weighted by Crippen LogP contribution is -2.30. The first-order chi connectivity index (χ1) is 11.6. The normalized spacial score (nSPS) is 10.9. The van der Waals surface area contributed by atoms with E-state index in [0.717, 1.165) is 27.4 Å². The predicted octanol–water partition coefficient (Wildman–Crippen LogP) is 3.06. The zero-order valence-electron chi connectivity index (χ0n) is 13.8. The Labute approximate surface area is 145 Å². The van der Waals surface area contributed by atoms with Crippen LogP contribution in [-0.2, 0) is 11.2 Å². The third-order valence-corrected chi connectivity index (χ3v) is 4.78. The molecule has 2 aromatic heterocycles. The number of rotatable bonds is 6. The van der Waals surface area contributed by atoms with Gasteiger partial charge in [0.1, 0.15) is 5.82 Å². The van der Waals surface area contributed by atoms with Gasteiger partial charge in [-0.3, -0.25) is 4.79 Å². The number of pyridine rings is 1. The van der Waals surface area contributed by atoms with Gasteiger partial charge in [0.05, 0.1) is 21.8 Å². The van der Waals surface area contributed by atoms with Gasteiger partial charge < -0.3 is 9.88 Å². The number of aromatic nitrogens is 3. The van der Waals surface area contributed by atoms with E-state index in [4.69, 9.17) is 0 Å². The number of benzene rings is 1. The first kappa shape index (κ1) is 16.5. The maximum absolute atomic E-state index is 12.2. The summed E-state index contributed by atoms with van der Waals surface area (Å²) in [6, 6.07) is 11.8. The van der Waals surface area contributed by atoms with Crippen molar-refractivity contribution in [3.05, 3.63) is 54.0 Å². The standard InChI is InChI=1S/C18H20N4OS/c1-13-6-5-7-14-18(13)21-15(20-14)9-11-22(2)17(23)12-24-16-8-3-4-10-19-16/h3-8,10H,9,11-12H2,1-2H3,(H,20,21). The number of carbonyl (C=O) groups is 1. The number of thioether (sulfide) groups is 1. The van der Waals surface area contributed by atoms with Crippen molar-refractivity contribution in [2.24, 2.45) is 0 Å². The second-order valence-electron chi connectivity index (χ2n) is 5.68. The molecule has 3 aromatic rings. The van der Waals surface area contributed by atoms with Crippen molar-refractivity contribution in [1.29, 1.82) is 0 Å². The molecule has 0 aliphatic carbocycles. The quantitative estimate of drug-likeness (QED) is 0.701. The number of imidazole rings is 1. The van der Waals surface area contributed by atoms with Gasteiger partial charge in [-0.1, -0.05) is 30.0 Å². The lowest BCUT2D eigenvalue weighted by molar-refractivity contribution is -0.127. The molecule has 2 heterocycles. The zero-order valence-corrected chi connectivity index (χ0v) is 14.6. The van der Waals surface area contributed by atoms with Gasteiger partial charge in [0.2, 0.25) is 5.91 Å². The van der Waals surface area contributed by atoms with Crippen LogP contribution in [-0.4, -0.2) is 45.1 Å². The van der Waals surface area contributed by atoms with Crippen LogP contribution in [0.25, 0.3) is 11.0 Å². The Bertz CT molecular complexity index is 831. The lowest BCUT2D eigenvalue weighted by Gasteiger charge is -2.16. The van der Waals surface area contributed by atoms with Crippen LogP contribution in [0.4, 0.5) is 0 Å². The number of amides is 1. The van der Waals surface area contributed by atoms with Gasteiger partial charge in [-0.05, 0) is 30.7 Å². The fourth-order valence-electron chi connectivity index (χ4n) is 2.42. The molecule has 124 valence electrons. The van der Waals surface area contributed by atoms with Crippen LogP contribution in [0.5, 0.6) is 0 Å². The minimum absolute atomic E-state index is 0.0953. The van der Waals surface area contributed by atoms with E-state index in [1.165, 1.54) is 11.8 Å².